The van der Waals surface area contributed by atoms with Crippen molar-refractivity contribution in [2.24, 2.45) is 0 Å². The van der Waals surface area contributed by atoms with Gasteiger partial charge in [0.05, 0.1) is 12.1 Å². The third-order valence-electron chi connectivity index (χ3n) is 2.84. The number of carboxylic acid groups (broad SMARTS) is 1. The first-order valence-corrected chi connectivity index (χ1v) is 8.51. The minimum atomic E-state index is -1.08. The Labute approximate surface area is 150 Å². The molecule has 0 bridgehead atoms. The molecule has 0 fully saturated rings. The summed E-state index contributed by atoms with van der Waals surface area (Å²) in [6.07, 6.45) is 0.0381. The number of amides is 1. The molecule has 0 radical (unpaired) electrons. The highest BCUT2D eigenvalue weighted by molar-refractivity contribution is 9.10. The van der Waals surface area contributed by atoms with E-state index in [9.17, 15) is 9.59 Å². The molecule has 0 unspecified atom stereocenters. The molecular formula is C15H15BrN2O5S. The summed E-state index contributed by atoms with van der Waals surface area (Å²) in [4.78, 5) is 26.5. The van der Waals surface area contributed by atoms with Gasteiger partial charge in [0.1, 0.15) is 17.3 Å². The molecule has 1 heterocycles. The van der Waals surface area contributed by atoms with Gasteiger partial charge in [-0.05, 0) is 34.1 Å². The number of benzene rings is 1. The molecule has 1 aromatic carbocycles. The number of hydrogen-bond acceptors (Lipinski definition) is 6. The van der Waals surface area contributed by atoms with Crippen molar-refractivity contribution in [2.45, 2.75) is 6.42 Å². The molecule has 128 valence electrons. The van der Waals surface area contributed by atoms with E-state index in [-0.39, 0.29) is 19.1 Å². The highest BCUT2D eigenvalue weighted by Crippen LogP contribution is 2.33. The van der Waals surface area contributed by atoms with Crippen molar-refractivity contribution in [3.05, 3.63) is 33.7 Å². The van der Waals surface area contributed by atoms with Gasteiger partial charge in [-0.15, -0.1) is 11.3 Å². The minimum absolute atomic E-state index is 0.0381. The maximum atomic E-state index is 11.6. The van der Waals surface area contributed by atoms with Crippen LogP contribution >= 0.6 is 27.3 Å². The van der Waals surface area contributed by atoms with Crippen LogP contribution in [-0.4, -0.2) is 42.4 Å². The third kappa shape index (κ3) is 5.29. The van der Waals surface area contributed by atoms with E-state index in [0.717, 1.165) is 15.0 Å². The number of nitrogens with zero attached hydrogens (tertiary/aromatic N) is 1. The predicted molar refractivity (Wildman–Crippen MR) is 92.1 cm³/mol. The Morgan fingerprint density at radius 2 is 2.21 bits per heavy atom. The summed E-state index contributed by atoms with van der Waals surface area (Å²) in [5.41, 5.74) is 1.46. The Kier molecular flexibility index (Phi) is 6.71. The molecule has 0 saturated carbocycles. The van der Waals surface area contributed by atoms with Crippen LogP contribution in [0.5, 0.6) is 5.75 Å². The monoisotopic (exact) mass is 414 g/mol. The molecule has 0 atom stereocenters. The molecule has 2 N–H and O–H groups in total. The smallest absolute Gasteiger partial charge is 0.322 e. The number of halogens is 1. The zero-order valence-corrected chi connectivity index (χ0v) is 15.1. The average molecular weight is 415 g/mol. The van der Waals surface area contributed by atoms with Crippen molar-refractivity contribution in [1.82, 2.24) is 10.3 Å². The molecule has 0 spiro atoms. The number of aromatic nitrogens is 1. The number of methoxy groups -OCH3 is 1. The van der Waals surface area contributed by atoms with E-state index in [4.69, 9.17) is 14.6 Å². The molecule has 9 heteroatoms. The number of carbonyl (C=O) groups excluding carboxylic acids is 1. The second kappa shape index (κ2) is 8.76. The van der Waals surface area contributed by atoms with Gasteiger partial charge in [0.2, 0.25) is 5.91 Å². The molecule has 2 aromatic rings. The molecule has 1 amide bonds. The van der Waals surface area contributed by atoms with E-state index in [0.29, 0.717) is 11.4 Å². The van der Waals surface area contributed by atoms with Gasteiger partial charge in [0, 0.05) is 22.5 Å². The summed E-state index contributed by atoms with van der Waals surface area (Å²) in [5.74, 6) is -0.795. The standard InChI is InChI=1S/C15H15BrN2O5S/c1-22-8-23-10-2-3-11(12(16)5-10)15-18-9(7-24-15)4-13(19)17-6-14(20)21/h2-3,5,7H,4,6,8H2,1H3,(H,17,19)(H,20,21). The van der Waals surface area contributed by atoms with E-state index in [1.165, 1.54) is 11.3 Å². The van der Waals surface area contributed by atoms with Gasteiger partial charge in [-0.25, -0.2) is 4.98 Å². The summed E-state index contributed by atoms with van der Waals surface area (Å²) in [6.45, 7) is -0.233. The summed E-state index contributed by atoms with van der Waals surface area (Å²) >= 11 is 4.88. The lowest BCUT2D eigenvalue weighted by atomic mass is 10.2. The number of hydrogen-bond donors (Lipinski definition) is 2. The van der Waals surface area contributed by atoms with E-state index >= 15 is 0 Å². The van der Waals surface area contributed by atoms with Crippen molar-refractivity contribution >= 4 is 39.1 Å². The van der Waals surface area contributed by atoms with Crippen LogP contribution in [0.1, 0.15) is 5.69 Å². The average Bonchev–Trinajstić information content (AvgIpc) is 2.99. The number of carboxylic acids is 1. The van der Waals surface area contributed by atoms with E-state index in [1.54, 1.807) is 18.6 Å². The normalized spacial score (nSPS) is 10.4. The zero-order chi connectivity index (χ0) is 17.5. The molecule has 0 saturated heterocycles. The van der Waals surface area contributed by atoms with Gasteiger partial charge in [-0.2, -0.15) is 0 Å². The molecule has 24 heavy (non-hydrogen) atoms. The highest BCUT2D eigenvalue weighted by atomic mass is 79.9. The molecular weight excluding hydrogens is 400 g/mol. The fourth-order valence-electron chi connectivity index (χ4n) is 1.80. The lowest BCUT2D eigenvalue weighted by molar-refractivity contribution is -0.137. The molecule has 0 aliphatic heterocycles. The van der Waals surface area contributed by atoms with Gasteiger partial charge >= 0.3 is 5.97 Å². The van der Waals surface area contributed by atoms with Crippen LogP contribution < -0.4 is 10.1 Å². The van der Waals surface area contributed by atoms with Crippen LogP contribution in [0.2, 0.25) is 0 Å². The Bertz CT molecular complexity index is 734. The topological polar surface area (TPSA) is 97.8 Å². The lowest BCUT2D eigenvalue weighted by Gasteiger charge is -2.07. The van der Waals surface area contributed by atoms with Crippen LogP contribution in [-0.2, 0) is 20.7 Å². The zero-order valence-electron chi connectivity index (χ0n) is 12.7. The van der Waals surface area contributed by atoms with Crippen molar-refractivity contribution in [3.63, 3.8) is 0 Å². The van der Waals surface area contributed by atoms with E-state index in [1.807, 2.05) is 12.1 Å². The number of carbonyl (C=O) groups is 2. The van der Waals surface area contributed by atoms with Crippen molar-refractivity contribution < 1.29 is 24.2 Å². The van der Waals surface area contributed by atoms with Gasteiger partial charge in [-0.1, -0.05) is 0 Å². The van der Waals surface area contributed by atoms with Crippen molar-refractivity contribution in [1.29, 1.82) is 0 Å². The van der Waals surface area contributed by atoms with Gasteiger partial charge < -0.3 is 19.9 Å². The molecule has 0 aliphatic rings. The van der Waals surface area contributed by atoms with Crippen molar-refractivity contribution in [3.8, 4) is 16.3 Å². The first-order chi connectivity index (χ1) is 11.5. The van der Waals surface area contributed by atoms with Gasteiger partial charge in [0.15, 0.2) is 6.79 Å². The Hall–Kier alpha value is -1.97. The largest absolute Gasteiger partial charge is 0.480 e. The number of ether oxygens (including phenoxy) is 2. The van der Waals surface area contributed by atoms with Crippen LogP contribution in [0.3, 0.4) is 0 Å². The number of rotatable bonds is 8. The maximum Gasteiger partial charge on any atom is 0.322 e. The Morgan fingerprint density at radius 3 is 2.88 bits per heavy atom. The Balaban J connectivity index is 2.04. The minimum Gasteiger partial charge on any atom is -0.480 e. The van der Waals surface area contributed by atoms with Gasteiger partial charge in [0.25, 0.3) is 0 Å². The first kappa shape index (κ1) is 18.4. The van der Waals surface area contributed by atoms with Crippen LogP contribution in [0, 0.1) is 0 Å². The lowest BCUT2D eigenvalue weighted by Crippen LogP contribution is -2.30. The summed E-state index contributed by atoms with van der Waals surface area (Å²) in [5, 5.41) is 13.4. The number of thiazole rings is 1. The number of aliphatic carboxylic acids is 1. The Morgan fingerprint density at radius 1 is 1.42 bits per heavy atom. The van der Waals surface area contributed by atoms with Gasteiger partial charge in [-0.3, -0.25) is 9.59 Å². The van der Waals surface area contributed by atoms with E-state index in [2.05, 4.69) is 26.2 Å². The van der Waals surface area contributed by atoms with Crippen LogP contribution in [0.15, 0.2) is 28.1 Å². The highest BCUT2D eigenvalue weighted by Gasteiger charge is 2.12. The molecule has 2 rings (SSSR count). The van der Waals surface area contributed by atoms with E-state index < -0.39 is 12.5 Å². The third-order valence-corrected chi connectivity index (χ3v) is 4.43. The molecule has 0 aliphatic carbocycles. The van der Waals surface area contributed by atoms with Crippen LogP contribution in [0.25, 0.3) is 10.6 Å². The number of nitrogens with one attached hydrogen (secondary N) is 1. The first-order valence-electron chi connectivity index (χ1n) is 6.84. The fraction of sp³-hybridized carbons (Fsp3) is 0.267. The SMILES string of the molecule is COCOc1ccc(-c2nc(CC(=O)NCC(=O)O)cs2)c(Br)c1. The van der Waals surface area contributed by atoms with Crippen molar-refractivity contribution in [2.75, 3.05) is 20.4 Å². The summed E-state index contributed by atoms with van der Waals surface area (Å²) in [7, 11) is 1.55. The summed E-state index contributed by atoms with van der Waals surface area (Å²) in [6, 6.07) is 5.48. The molecule has 7 nitrogen and oxygen atoms in total. The second-order valence-electron chi connectivity index (χ2n) is 4.68. The summed E-state index contributed by atoms with van der Waals surface area (Å²) < 4.78 is 11.0. The maximum absolute atomic E-state index is 11.6. The second-order valence-corrected chi connectivity index (χ2v) is 6.40. The van der Waals surface area contributed by atoms with Crippen LogP contribution in [0.4, 0.5) is 0 Å². The molecule has 1 aromatic heterocycles. The fourth-order valence-corrected chi connectivity index (χ4v) is 3.33. The predicted octanol–water partition coefficient (Wildman–Crippen LogP) is 2.30. The quantitative estimate of drug-likeness (QED) is 0.643.